The summed E-state index contributed by atoms with van der Waals surface area (Å²) in [4.78, 5) is 8.20. The number of aromatic hydroxyl groups is 1. The van der Waals surface area contributed by atoms with Crippen molar-refractivity contribution < 1.29 is 14.4 Å². The number of methoxy groups -OCH3 is 1. The summed E-state index contributed by atoms with van der Waals surface area (Å²) in [5.74, 6) is 1.63. The van der Waals surface area contributed by atoms with Crippen LogP contribution in [0.2, 0.25) is 0 Å². The fourth-order valence-corrected chi connectivity index (χ4v) is 2.02. The molecule has 6 nitrogen and oxygen atoms in total. The van der Waals surface area contributed by atoms with Gasteiger partial charge in [-0.05, 0) is 36.8 Å². The second-order valence-electron chi connectivity index (χ2n) is 4.54. The van der Waals surface area contributed by atoms with E-state index in [9.17, 15) is 5.11 Å². The second-order valence-corrected chi connectivity index (χ2v) is 4.54. The van der Waals surface area contributed by atoms with E-state index in [4.69, 9.17) is 9.26 Å². The lowest BCUT2D eigenvalue weighted by atomic mass is 10.1. The van der Waals surface area contributed by atoms with Crippen LogP contribution in [0.3, 0.4) is 0 Å². The van der Waals surface area contributed by atoms with Gasteiger partial charge in [0.1, 0.15) is 11.5 Å². The predicted molar refractivity (Wildman–Crippen MR) is 75.9 cm³/mol. The summed E-state index contributed by atoms with van der Waals surface area (Å²) in [5.41, 5.74) is 2.38. The van der Waals surface area contributed by atoms with Gasteiger partial charge >= 0.3 is 0 Å². The Morgan fingerprint density at radius 2 is 2.00 bits per heavy atom. The van der Waals surface area contributed by atoms with Gasteiger partial charge in [-0.15, -0.1) is 0 Å². The molecule has 1 N–H and O–H groups in total. The largest absolute Gasteiger partial charge is 0.506 e. The van der Waals surface area contributed by atoms with E-state index in [1.165, 1.54) is 12.3 Å². The Kier molecular flexibility index (Phi) is 3.27. The van der Waals surface area contributed by atoms with Crippen molar-refractivity contribution in [2.45, 2.75) is 6.92 Å². The van der Waals surface area contributed by atoms with E-state index in [1.807, 2.05) is 25.1 Å². The molecule has 0 bridgehead atoms. The molecule has 2 aromatic heterocycles. The molecule has 106 valence electrons. The number of ether oxygens (including phenoxy) is 1. The van der Waals surface area contributed by atoms with Gasteiger partial charge in [0.15, 0.2) is 0 Å². The average molecular weight is 283 g/mol. The molecule has 0 radical (unpaired) electrons. The molecule has 6 heteroatoms. The van der Waals surface area contributed by atoms with Crippen LogP contribution in [0.25, 0.3) is 22.8 Å². The minimum absolute atomic E-state index is 0.0486. The maximum Gasteiger partial charge on any atom is 0.259 e. The number of hydrogen-bond donors (Lipinski definition) is 1. The van der Waals surface area contributed by atoms with Gasteiger partial charge in [-0.25, -0.2) is 0 Å². The van der Waals surface area contributed by atoms with E-state index >= 15 is 0 Å². The molecule has 3 rings (SSSR count). The second kappa shape index (κ2) is 5.24. The summed E-state index contributed by atoms with van der Waals surface area (Å²) in [7, 11) is 1.63. The van der Waals surface area contributed by atoms with Gasteiger partial charge in [0, 0.05) is 11.8 Å². The molecule has 0 aliphatic carbocycles. The first-order valence-corrected chi connectivity index (χ1v) is 6.30. The highest BCUT2D eigenvalue weighted by molar-refractivity contribution is 5.61. The molecule has 0 amide bonds. The lowest BCUT2D eigenvalue weighted by molar-refractivity contribution is 0.411. The zero-order valence-corrected chi connectivity index (χ0v) is 11.6. The van der Waals surface area contributed by atoms with E-state index in [-0.39, 0.29) is 5.75 Å². The van der Waals surface area contributed by atoms with Crippen molar-refractivity contribution >= 4 is 0 Å². The molecule has 0 aliphatic rings. The molecule has 0 saturated carbocycles. The van der Waals surface area contributed by atoms with Crippen molar-refractivity contribution in [1.82, 2.24) is 15.1 Å². The smallest absolute Gasteiger partial charge is 0.259 e. The molecule has 0 fully saturated rings. The number of benzene rings is 1. The van der Waals surface area contributed by atoms with Gasteiger partial charge in [-0.3, -0.25) is 4.98 Å². The SMILES string of the molecule is COc1ccc(-c2noc(-c3cncc(O)c3)n2)cc1C. The highest BCUT2D eigenvalue weighted by Gasteiger charge is 2.12. The summed E-state index contributed by atoms with van der Waals surface area (Å²) in [6, 6.07) is 7.16. The molecule has 2 heterocycles. The number of hydrogen-bond acceptors (Lipinski definition) is 6. The monoisotopic (exact) mass is 283 g/mol. The molecule has 1 aromatic carbocycles. The van der Waals surface area contributed by atoms with Crippen LogP contribution in [0.4, 0.5) is 0 Å². The van der Waals surface area contributed by atoms with Crippen LogP contribution >= 0.6 is 0 Å². The molecule has 0 atom stereocenters. The summed E-state index contributed by atoms with van der Waals surface area (Å²) in [6.07, 6.45) is 2.89. The molecule has 3 aromatic rings. The third kappa shape index (κ3) is 2.55. The molecular weight excluding hydrogens is 270 g/mol. The first kappa shape index (κ1) is 13.1. The topological polar surface area (TPSA) is 81.3 Å². The van der Waals surface area contributed by atoms with Crippen molar-refractivity contribution in [1.29, 1.82) is 0 Å². The van der Waals surface area contributed by atoms with Gasteiger partial charge in [0.25, 0.3) is 5.89 Å². The van der Waals surface area contributed by atoms with Gasteiger partial charge in [0.05, 0.1) is 18.9 Å². The van der Waals surface area contributed by atoms with Crippen molar-refractivity contribution in [3.8, 4) is 34.3 Å². The summed E-state index contributed by atoms with van der Waals surface area (Å²) >= 11 is 0. The Balaban J connectivity index is 1.96. The van der Waals surface area contributed by atoms with Crippen LogP contribution < -0.4 is 4.74 Å². The third-order valence-electron chi connectivity index (χ3n) is 3.05. The van der Waals surface area contributed by atoms with E-state index in [1.54, 1.807) is 13.3 Å². The van der Waals surface area contributed by atoms with Crippen LogP contribution in [0.15, 0.2) is 41.2 Å². The van der Waals surface area contributed by atoms with Crippen LogP contribution in [0, 0.1) is 6.92 Å². The normalized spacial score (nSPS) is 10.6. The Bertz CT molecular complexity index is 783. The Morgan fingerprint density at radius 1 is 1.14 bits per heavy atom. The maximum atomic E-state index is 9.43. The highest BCUT2D eigenvalue weighted by Crippen LogP contribution is 2.27. The Hall–Kier alpha value is -2.89. The van der Waals surface area contributed by atoms with Gasteiger partial charge < -0.3 is 14.4 Å². The van der Waals surface area contributed by atoms with Gasteiger partial charge in [0.2, 0.25) is 5.82 Å². The van der Waals surface area contributed by atoms with Crippen LogP contribution in [0.5, 0.6) is 11.5 Å². The minimum atomic E-state index is 0.0486. The molecule has 0 spiro atoms. The average Bonchev–Trinajstić information content (AvgIpc) is 2.97. The summed E-state index contributed by atoms with van der Waals surface area (Å²) < 4.78 is 10.4. The molecule has 0 saturated heterocycles. The van der Waals surface area contributed by atoms with Gasteiger partial charge in [-0.2, -0.15) is 4.98 Å². The fourth-order valence-electron chi connectivity index (χ4n) is 2.02. The van der Waals surface area contributed by atoms with Crippen molar-refractivity contribution in [2.24, 2.45) is 0 Å². The fraction of sp³-hybridized carbons (Fsp3) is 0.133. The van der Waals surface area contributed by atoms with Crippen LogP contribution in [-0.4, -0.2) is 27.3 Å². The Morgan fingerprint density at radius 3 is 2.71 bits per heavy atom. The van der Waals surface area contributed by atoms with Crippen LogP contribution in [-0.2, 0) is 0 Å². The summed E-state index contributed by atoms with van der Waals surface area (Å²) in [5, 5.41) is 13.4. The lowest BCUT2D eigenvalue weighted by Crippen LogP contribution is -1.88. The van der Waals surface area contributed by atoms with E-state index in [0.29, 0.717) is 17.3 Å². The van der Waals surface area contributed by atoms with Crippen molar-refractivity contribution in [3.05, 3.63) is 42.2 Å². The number of nitrogens with zero attached hydrogens (tertiary/aromatic N) is 3. The first-order chi connectivity index (χ1) is 10.2. The molecule has 0 unspecified atom stereocenters. The number of aromatic nitrogens is 3. The Labute approximate surface area is 121 Å². The van der Waals surface area contributed by atoms with Crippen molar-refractivity contribution in [2.75, 3.05) is 7.11 Å². The quantitative estimate of drug-likeness (QED) is 0.796. The maximum absolute atomic E-state index is 9.43. The number of aryl methyl sites for hydroxylation is 1. The van der Waals surface area contributed by atoms with E-state index < -0.39 is 0 Å². The zero-order chi connectivity index (χ0) is 14.8. The predicted octanol–water partition coefficient (Wildman–Crippen LogP) is 2.82. The van der Waals surface area contributed by atoms with Crippen molar-refractivity contribution in [3.63, 3.8) is 0 Å². The van der Waals surface area contributed by atoms with E-state index in [0.717, 1.165) is 16.9 Å². The molecular formula is C15H13N3O3. The van der Waals surface area contributed by atoms with E-state index in [2.05, 4.69) is 15.1 Å². The number of pyridine rings is 1. The minimum Gasteiger partial charge on any atom is -0.506 e. The highest BCUT2D eigenvalue weighted by atomic mass is 16.5. The standard InChI is InChI=1S/C15H13N3O3/c1-9-5-10(3-4-13(9)20-2)14-17-15(21-18-14)11-6-12(19)8-16-7-11/h3-8,19H,1-2H3. The molecule has 21 heavy (non-hydrogen) atoms. The third-order valence-corrected chi connectivity index (χ3v) is 3.05. The zero-order valence-electron chi connectivity index (χ0n) is 11.6. The van der Waals surface area contributed by atoms with Crippen LogP contribution in [0.1, 0.15) is 5.56 Å². The first-order valence-electron chi connectivity index (χ1n) is 6.30. The van der Waals surface area contributed by atoms with Gasteiger partial charge in [-0.1, -0.05) is 5.16 Å². The summed E-state index contributed by atoms with van der Waals surface area (Å²) in [6.45, 7) is 1.95. The number of rotatable bonds is 3. The molecule has 0 aliphatic heterocycles. The lowest BCUT2D eigenvalue weighted by Gasteiger charge is -2.04.